The van der Waals surface area contributed by atoms with Crippen LogP contribution in [0.3, 0.4) is 0 Å². The minimum Gasteiger partial charge on any atom is -0.398 e. The maximum absolute atomic E-state index is 12.9. The van der Waals surface area contributed by atoms with E-state index in [1.807, 2.05) is 0 Å². The minimum atomic E-state index is -0.786. The van der Waals surface area contributed by atoms with E-state index >= 15 is 0 Å². The molecule has 1 aromatic carbocycles. The summed E-state index contributed by atoms with van der Waals surface area (Å²) in [7, 11) is 0. The summed E-state index contributed by atoms with van der Waals surface area (Å²) in [5, 5.41) is 11.9. The molecule has 0 saturated heterocycles. The lowest BCUT2D eigenvalue weighted by molar-refractivity contribution is -0.119. The molecule has 3 N–H and O–H groups in total. The molecule has 1 amide bonds. The quantitative estimate of drug-likeness (QED) is 0.645. The zero-order chi connectivity index (χ0) is 14.8. The standard InChI is InChI=1S/C14H16FN3OS/c1-14(8-16,9-2-3-9)18-13(19)7-20-12-5-4-10(15)6-11(12)17/h4-6,9H,2-3,7,17H2,1H3,(H,18,19). The maximum atomic E-state index is 12.9. The van der Waals surface area contributed by atoms with Crippen LogP contribution in [0.5, 0.6) is 0 Å². The number of thioether (sulfide) groups is 1. The molecule has 0 aromatic heterocycles. The molecule has 1 atom stereocenters. The molecule has 0 radical (unpaired) electrons. The third-order valence-electron chi connectivity index (χ3n) is 3.36. The number of benzene rings is 1. The van der Waals surface area contributed by atoms with Crippen LogP contribution in [-0.2, 0) is 4.79 Å². The predicted octanol–water partition coefficient (Wildman–Crippen LogP) is 2.31. The number of hydrogen-bond donors (Lipinski definition) is 2. The Labute approximate surface area is 121 Å². The van der Waals surface area contributed by atoms with Crippen LogP contribution in [0, 0.1) is 23.1 Å². The van der Waals surface area contributed by atoms with Crippen molar-refractivity contribution in [3.63, 3.8) is 0 Å². The second kappa shape index (κ2) is 5.71. The van der Waals surface area contributed by atoms with Crippen molar-refractivity contribution in [2.24, 2.45) is 5.92 Å². The van der Waals surface area contributed by atoms with Crippen LogP contribution in [0.25, 0.3) is 0 Å². The molecule has 1 unspecified atom stereocenters. The van der Waals surface area contributed by atoms with Gasteiger partial charge in [0.1, 0.15) is 11.4 Å². The molecule has 1 saturated carbocycles. The van der Waals surface area contributed by atoms with Gasteiger partial charge < -0.3 is 11.1 Å². The van der Waals surface area contributed by atoms with Gasteiger partial charge in [-0.15, -0.1) is 11.8 Å². The number of nitrogens with zero attached hydrogens (tertiary/aromatic N) is 1. The van der Waals surface area contributed by atoms with Crippen LogP contribution in [-0.4, -0.2) is 17.2 Å². The summed E-state index contributed by atoms with van der Waals surface area (Å²) < 4.78 is 12.9. The fraction of sp³-hybridized carbons (Fsp3) is 0.429. The Kier molecular flexibility index (Phi) is 4.19. The van der Waals surface area contributed by atoms with Crippen molar-refractivity contribution < 1.29 is 9.18 Å². The molecule has 0 heterocycles. The van der Waals surface area contributed by atoms with Gasteiger partial charge in [0.15, 0.2) is 0 Å². The molecule has 1 aliphatic rings. The molecule has 4 nitrogen and oxygen atoms in total. The van der Waals surface area contributed by atoms with Gasteiger partial charge in [-0.05, 0) is 43.9 Å². The number of nitrogen functional groups attached to an aromatic ring is 1. The number of hydrogen-bond acceptors (Lipinski definition) is 4. The first-order valence-electron chi connectivity index (χ1n) is 6.34. The largest absolute Gasteiger partial charge is 0.398 e. The molecule has 20 heavy (non-hydrogen) atoms. The zero-order valence-electron chi connectivity index (χ0n) is 11.1. The summed E-state index contributed by atoms with van der Waals surface area (Å²) >= 11 is 1.23. The highest BCUT2D eigenvalue weighted by Crippen LogP contribution is 2.39. The van der Waals surface area contributed by atoms with E-state index in [-0.39, 0.29) is 17.6 Å². The Morgan fingerprint density at radius 1 is 1.65 bits per heavy atom. The van der Waals surface area contributed by atoms with Crippen LogP contribution in [0.2, 0.25) is 0 Å². The average Bonchev–Trinajstić information content (AvgIpc) is 3.22. The van der Waals surface area contributed by atoms with Gasteiger partial charge in [-0.2, -0.15) is 5.26 Å². The van der Waals surface area contributed by atoms with E-state index in [0.717, 1.165) is 12.8 Å². The van der Waals surface area contributed by atoms with Gasteiger partial charge in [0.25, 0.3) is 0 Å². The maximum Gasteiger partial charge on any atom is 0.231 e. The van der Waals surface area contributed by atoms with E-state index in [2.05, 4.69) is 11.4 Å². The number of carbonyl (C=O) groups excluding carboxylic acids is 1. The smallest absolute Gasteiger partial charge is 0.231 e. The van der Waals surface area contributed by atoms with Gasteiger partial charge in [-0.25, -0.2) is 4.39 Å². The molecular weight excluding hydrogens is 277 g/mol. The number of amides is 1. The molecule has 6 heteroatoms. The number of nitriles is 1. The SMILES string of the molecule is CC(C#N)(NC(=O)CSc1ccc(F)cc1N)C1CC1. The van der Waals surface area contributed by atoms with Gasteiger partial charge in [-0.3, -0.25) is 4.79 Å². The minimum absolute atomic E-state index is 0.153. The number of rotatable bonds is 5. The van der Waals surface area contributed by atoms with Crippen LogP contribution in [0.1, 0.15) is 19.8 Å². The third-order valence-corrected chi connectivity index (χ3v) is 4.45. The predicted molar refractivity (Wildman–Crippen MR) is 76.4 cm³/mol. The highest BCUT2D eigenvalue weighted by Gasteiger charge is 2.42. The number of anilines is 1. The highest BCUT2D eigenvalue weighted by atomic mass is 32.2. The van der Waals surface area contributed by atoms with E-state index in [0.29, 0.717) is 10.6 Å². The van der Waals surface area contributed by atoms with Crippen molar-refractivity contribution >= 4 is 23.4 Å². The number of nitrogens with one attached hydrogen (secondary N) is 1. The number of halogens is 1. The summed E-state index contributed by atoms with van der Waals surface area (Å²) in [6.45, 7) is 1.75. The Bertz CT molecular complexity index is 568. The van der Waals surface area contributed by atoms with Gasteiger partial charge in [-0.1, -0.05) is 0 Å². The van der Waals surface area contributed by atoms with E-state index < -0.39 is 11.4 Å². The summed E-state index contributed by atoms with van der Waals surface area (Å²) in [6, 6.07) is 6.25. The molecule has 0 bridgehead atoms. The van der Waals surface area contributed by atoms with Crippen molar-refractivity contribution in [3.05, 3.63) is 24.0 Å². The molecular formula is C14H16FN3OS. The lowest BCUT2D eigenvalue weighted by atomic mass is 9.98. The van der Waals surface area contributed by atoms with Crippen LogP contribution < -0.4 is 11.1 Å². The van der Waals surface area contributed by atoms with Crippen molar-refractivity contribution in [3.8, 4) is 6.07 Å². The van der Waals surface area contributed by atoms with Crippen LogP contribution in [0.4, 0.5) is 10.1 Å². The number of carbonyl (C=O) groups is 1. The Balaban J connectivity index is 1.90. The van der Waals surface area contributed by atoms with Gasteiger partial charge in [0, 0.05) is 10.6 Å². The van der Waals surface area contributed by atoms with Crippen molar-refractivity contribution in [1.29, 1.82) is 5.26 Å². The first-order valence-corrected chi connectivity index (χ1v) is 7.33. The van der Waals surface area contributed by atoms with Gasteiger partial charge in [0.2, 0.25) is 5.91 Å². The van der Waals surface area contributed by atoms with Gasteiger partial charge >= 0.3 is 0 Å². The fourth-order valence-electron chi connectivity index (χ4n) is 2.00. The normalized spacial score (nSPS) is 17.1. The van der Waals surface area contributed by atoms with Gasteiger partial charge in [0.05, 0.1) is 11.8 Å². The summed E-state index contributed by atoms with van der Waals surface area (Å²) in [5.74, 6) is -0.214. The lowest BCUT2D eigenvalue weighted by Gasteiger charge is -2.22. The Hall–Kier alpha value is -1.74. The van der Waals surface area contributed by atoms with E-state index in [1.165, 1.54) is 23.9 Å². The molecule has 106 valence electrons. The average molecular weight is 293 g/mol. The van der Waals surface area contributed by atoms with Crippen molar-refractivity contribution in [1.82, 2.24) is 5.32 Å². The number of nitrogens with two attached hydrogens (primary N) is 1. The monoisotopic (exact) mass is 293 g/mol. The van der Waals surface area contributed by atoms with E-state index in [1.54, 1.807) is 13.0 Å². The van der Waals surface area contributed by atoms with E-state index in [4.69, 9.17) is 5.73 Å². The second-order valence-corrected chi connectivity index (χ2v) is 6.12. The molecule has 1 fully saturated rings. The van der Waals surface area contributed by atoms with Crippen LogP contribution >= 0.6 is 11.8 Å². The molecule has 0 spiro atoms. The summed E-state index contributed by atoms with van der Waals surface area (Å²) in [4.78, 5) is 12.6. The first kappa shape index (κ1) is 14.7. The third kappa shape index (κ3) is 3.42. The molecule has 1 aromatic rings. The van der Waals surface area contributed by atoms with Crippen LogP contribution in [0.15, 0.2) is 23.1 Å². The highest BCUT2D eigenvalue weighted by molar-refractivity contribution is 8.00. The van der Waals surface area contributed by atoms with E-state index in [9.17, 15) is 14.4 Å². The second-order valence-electron chi connectivity index (χ2n) is 5.11. The summed E-state index contributed by atoms with van der Waals surface area (Å²) in [6.07, 6.45) is 1.95. The molecule has 0 aliphatic heterocycles. The Morgan fingerprint density at radius 2 is 2.35 bits per heavy atom. The fourth-order valence-corrected chi connectivity index (χ4v) is 2.75. The topological polar surface area (TPSA) is 78.9 Å². The lowest BCUT2D eigenvalue weighted by Crippen LogP contribution is -2.47. The molecule has 2 rings (SSSR count). The molecule has 1 aliphatic carbocycles. The zero-order valence-corrected chi connectivity index (χ0v) is 12.0. The van der Waals surface area contributed by atoms with Crippen molar-refractivity contribution in [2.75, 3.05) is 11.5 Å². The Morgan fingerprint density at radius 3 is 2.90 bits per heavy atom. The van der Waals surface area contributed by atoms with Crippen molar-refractivity contribution in [2.45, 2.75) is 30.2 Å². The summed E-state index contributed by atoms with van der Waals surface area (Å²) in [5.41, 5.74) is 5.20. The first-order chi connectivity index (χ1) is 9.44.